The first-order valence-electron chi connectivity index (χ1n) is 7.58. The van der Waals surface area contributed by atoms with Crippen LogP contribution in [0.5, 0.6) is 0 Å². The van der Waals surface area contributed by atoms with Crippen LogP contribution in [-0.2, 0) is 4.79 Å². The van der Waals surface area contributed by atoms with Gasteiger partial charge in [0, 0.05) is 18.7 Å². The van der Waals surface area contributed by atoms with Crippen molar-refractivity contribution in [3.8, 4) is 10.6 Å². The number of rotatable bonds is 4. The predicted molar refractivity (Wildman–Crippen MR) is 102 cm³/mol. The molecule has 0 aliphatic carbocycles. The first-order chi connectivity index (χ1) is 12.6. The molecule has 3 heterocycles. The van der Waals surface area contributed by atoms with Crippen LogP contribution >= 0.6 is 22.7 Å². The maximum absolute atomic E-state index is 12.4. The van der Waals surface area contributed by atoms with Crippen molar-refractivity contribution < 1.29 is 14.1 Å². The zero-order chi connectivity index (χ0) is 18.1. The molecule has 2 amide bonds. The summed E-state index contributed by atoms with van der Waals surface area (Å²) >= 11 is 2.82. The topological polar surface area (TPSA) is 97.1 Å². The van der Waals surface area contributed by atoms with Crippen molar-refractivity contribution in [3.05, 3.63) is 47.5 Å². The summed E-state index contributed by atoms with van der Waals surface area (Å²) in [6, 6.07) is 10.8. The van der Waals surface area contributed by atoms with E-state index in [1.165, 1.54) is 29.6 Å². The van der Waals surface area contributed by atoms with E-state index in [2.05, 4.69) is 20.8 Å². The number of amides is 2. The number of carbonyl (C=O) groups excluding carboxylic acids is 2. The monoisotopic (exact) mass is 384 g/mol. The van der Waals surface area contributed by atoms with Gasteiger partial charge in [-0.25, -0.2) is 4.98 Å². The van der Waals surface area contributed by atoms with Crippen molar-refractivity contribution in [1.82, 2.24) is 10.1 Å². The van der Waals surface area contributed by atoms with E-state index in [1.54, 1.807) is 18.2 Å². The average molecular weight is 384 g/mol. The first-order valence-corrected chi connectivity index (χ1v) is 9.28. The van der Waals surface area contributed by atoms with Gasteiger partial charge in [-0.05, 0) is 29.6 Å². The van der Waals surface area contributed by atoms with Crippen LogP contribution in [-0.4, -0.2) is 22.0 Å². The van der Waals surface area contributed by atoms with Gasteiger partial charge < -0.3 is 9.84 Å². The number of nitrogens with one attached hydrogen (secondary N) is 2. The first kappa shape index (κ1) is 16.4. The van der Waals surface area contributed by atoms with E-state index in [9.17, 15) is 9.59 Å². The van der Waals surface area contributed by atoms with Crippen molar-refractivity contribution in [3.63, 3.8) is 0 Å². The highest BCUT2D eigenvalue weighted by molar-refractivity contribution is 7.22. The number of thiophene rings is 1. The van der Waals surface area contributed by atoms with Gasteiger partial charge in [-0.15, -0.1) is 11.3 Å². The Labute approximate surface area is 155 Å². The smallest absolute Gasteiger partial charge is 0.279 e. The lowest BCUT2D eigenvalue weighted by atomic mass is 10.3. The van der Waals surface area contributed by atoms with Crippen LogP contribution in [0.3, 0.4) is 0 Å². The number of thiazole rings is 1. The summed E-state index contributed by atoms with van der Waals surface area (Å²) in [6.07, 6.45) is 0. The van der Waals surface area contributed by atoms with Crippen molar-refractivity contribution >= 4 is 55.5 Å². The van der Waals surface area contributed by atoms with Gasteiger partial charge in [-0.2, -0.15) is 0 Å². The fourth-order valence-corrected chi connectivity index (χ4v) is 3.91. The third-order valence-corrected chi connectivity index (χ3v) is 5.25. The van der Waals surface area contributed by atoms with Crippen molar-refractivity contribution in [2.45, 2.75) is 6.92 Å². The molecule has 0 atom stereocenters. The van der Waals surface area contributed by atoms with Crippen LogP contribution in [0.1, 0.15) is 17.4 Å². The van der Waals surface area contributed by atoms with Gasteiger partial charge in [-0.1, -0.05) is 22.6 Å². The molecule has 0 bridgehead atoms. The molecule has 0 unspecified atom stereocenters. The zero-order valence-corrected chi connectivity index (χ0v) is 15.1. The summed E-state index contributed by atoms with van der Waals surface area (Å²) in [5.41, 5.74) is 1.61. The molecule has 0 aliphatic rings. The average Bonchev–Trinajstić information content (AvgIpc) is 3.33. The molecule has 26 heavy (non-hydrogen) atoms. The molecule has 4 rings (SSSR count). The van der Waals surface area contributed by atoms with Gasteiger partial charge >= 0.3 is 0 Å². The Hall–Kier alpha value is -3.04. The molecule has 0 saturated carbocycles. The normalized spacial score (nSPS) is 10.8. The van der Waals surface area contributed by atoms with E-state index in [4.69, 9.17) is 4.52 Å². The summed E-state index contributed by atoms with van der Waals surface area (Å²) in [4.78, 5) is 28.8. The molecule has 0 saturated heterocycles. The second-order valence-electron chi connectivity index (χ2n) is 5.39. The number of benzene rings is 1. The van der Waals surface area contributed by atoms with Crippen LogP contribution in [0, 0.1) is 0 Å². The van der Waals surface area contributed by atoms with Crippen molar-refractivity contribution in [1.29, 1.82) is 0 Å². The summed E-state index contributed by atoms with van der Waals surface area (Å²) < 4.78 is 6.07. The largest absolute Gasteiger partial charge is 0.355 e. The molecule has 0 radical (unpaired) electrons. The number of hydrogen-bond donors (Lipinski definition) is 2. The Kier molecular flexibility index (Phi) is 4.23. The number of aromatic nitrogens is 2. The standard InChI is InChI=1S/C17H12N4O3S2/c1-9(22)18-10-4-5-11-15(7-10)26-17(19-11)20-16(23)12-8-13(24-21-12)14-3-2-6-25-14/h2-8H,1H3,(H,18,22)(H,19,20,23). The highest BCUT2D eigenvalue weighted by atomic mass is 32.1. The fourth-order valence-electron chi connectivity index (χ4n) is 2.34. The minimum Gasteiger partial charge on any atom is -0.355 e. The molecule has 7 nitrogen and oxygen atoms in total. The predicted octanol–water partition coefficient (Wildman–Crippen LogP) is 4.22. The molecule has 0 aliphatic heterocycles. The van der Waals surface area contributed by atoms with Crippen molar-refractivity contribution in [2.75, 3.05) is 10.6 Å². The van der Waals surface area contributed by atoms with Gasteiger partial charge in [0.15, 0.2) is 16.6 Å². The minimum absolute atomic E-state index is 0.144. The van der Waals surface area contributed by atoms with Crippen LogP contribution in [0.4, 0.5) is 10.8 Å². The Bertz CT molecular complexity index is 1100. The van der Waals surface area contributed by atoms with Gasteiger partial charge in [0.25, 0.3) is 5.91 Å². The summed E-state index contributed by atoms with van der Waals surface area (Å²) in [5.74, 6) is 0.0158. The molecule has 2 N–H and O–H groups in total. The highest BCUT2D eigenvalue weighted by Crippen LogP contribution is 2.29. The van der Waals surface area contributed by atoms with E-state index in [0.717, 1.165) is 15.1 Å². The van der Waals surface area contributed by atoms with Gasteiger partial charge in [0.05, 0.1) is 15.1 Å². The molecule has 1 aromatic carbocycles. The lowest BCUT2D eigenvalue weighted by Crippen LogP contribution is -2.11. The van der Waals surface area contributed by atoms with Gasteiger partial charge in [-0.3, -0.25) is 14.9 Å². The van der Waals surface area contributed by atoms with E-state index in [-0.39, 0.29) is 11.6 Å². The van der Waals surface area contributed by atoms with Gasteiger partial charge in [0.1, 0.15) is 0 Å². The number of carbonyl (C=O) groups is 2. The van der Waals surface area contributed by atoms with E-state index < -0.39 is 5.91 Å². The third kappa shape index (κ3) is 3.35. The van der Waals surface area contributed by atoms with Crippen molar-refractivity contribution in [2.24, 2.45) is 0 Å². The molecule has 0 spiro atoms. The van der Waals surface area contributed by atoms with Gasteiger partial charge in [0.2, 0.25) is 5.91 Å². The second kappa shape index (κ2) is 6.70. The quantitative estimate of drug-likeness (QED) is 0.549. The van der Waals surface area contributed by atoms with E-state index in [0.29, 0.717) is 16.6 Å². The second-order valence-corrected chi connectivity index (χ2v) is 7.37. The Morgan fingerprint density at radius 1 is 1.15 bits per heavy atom. The maximum atomic E-state index is 12.4. The van der Waals surface area contributed by atoms with Crippen LogP contribution in [0.2, 0.25) is 0 Å². The molecule has 0 fully saturated rings. The molecule has 3 aromatic heterocycles. The molecular weight excluding hydrogens is 372 g/mol. The highest BCUT2D eigenvalue weighted by Gasteiger charge is 2.16. The van der Waals surface area contributed by atoms with Crippen LogP contribution in [0.25, 0.3) is 20.9 Å². The zero-order valence-electron chi connectivity index (χ0n) is 13.5. The molecular formula is C17H12N4O3S2. The SMILES string of the molecule is CC(=O)Nc1ccc2nc(NC(=O)c3cc(-c4cccs4)on3)sc2c1. The number of nitrogens with zero attached hydrogens (tertiary/aromatic N) is 2. The lowest BCUT2D eigenvalue weighted by molar-refractivity contribution is -0.114. The molecule has 9 heteroatoms. The Morgan fingerprint density at radius 3 is 2.81 bits per heavy atom. The summed E-state index contributed by atoms with van der Waals surface area (Å²) in [6.45, 7) is 1.45. The lowest BCUT2D eigenvalue weighted by Gasteiger charge is -1.99. The fraction of sp³-hybridized carbons (Fsp3) is 0.0588. The number of fused-ring (bicyclic) bond motifs is 1. The Morgan fingerprint density at radius 2 is 2.04 bits per heavy atom. The van der Waals surface area contributed by atoms with E-state index in [1.807, 2.05) is 23.6 Å². The number of anilines is 2. The molecule has 130 valence electrons. The van der Waals surface area contributed by atoms with Crippen LogP contribution < -0.4 is 10.6 Å². The summed E-state index contributed by atoms with van der Waals surface area (Å²) in [7, 11) is 0. The van der Waals surface area contributed by atoms with E-state index >= 15 is 0 Å². The third-order valence-electron chi connectivity index (χ3n) is 3.44. The molecule has 4 aromatic rings. The minimum atomic E-state index is -0.391. The summed E-state index contributed by atoms with van der Waals surface area (Å²) in [5, 5.41) is 11.6. The Balaban J connectivity index is 1.53. The number of hydrogen-bond acceptors (Lipinski definition) is 7. The van der Waals surface area contributed by atoms with Crippen LogP contribution in [0.15, 0.2) is 46.3 Å². The maximum Gasteiger partial charge on any atom is 0.279 e.